The highest BCUT2D eigenvalue weighted by Gasteiger charge is 2.12. The lowest BCUT2D eigenvalue weighted by atomic mass is 10.1. The predicted octanol–water partition coefficient (Wildman–Crippen LogP) is 2.78. The third-order valence-corrected chi connectivity index (χ3v) is 5.19. The van der Waals surface area contributed by atoms with Crippen molar-refractivity contribution in [2.24, 2.45) is 5.92 Å². The predicted molar refractivity (Wildman–Crippen MR) is 83.3 cm³/mol. The standard InChI is InChI=1S/C15H23NO4S/c1-3-11-21(19,20)14-8-6-13(7-9-14)16-10-4-5-12(2)15(17)18/h6-9,12,16H,3-5,10-11H2,1-2H3,(H,17,18). The first-order valence-corrected chi connectivity index (χ1v) is 8.81. The summed E-state index contributed by atoms with van der Waals surface area (Å²) in [4.78, 5) is 11.0. The Bertz CT molecular complexity index is 552. The van der Waals surface area contributed by atoms with E-state index < -0.39 is 15.8 Å². The maximum atomic E-state index is 11.9. The zero-order valence-electron chi connectivity index (χ0n) is 12.5. The van der Waals surface area contributed by atoms with Crippen LogP contribution < -0.4 is 5.32 Å². The van der Waals surface area contributed by atoms with Crippen LogP contribution >= 0.6 is 0 Å². The Morgan fingerprint density at radius 3 is 2.43 bits per heavy atom. The quantitative estimate of drug-likeness (QED) is 0.685. The molecule has 0 aromatic heterocycles. The van der Waals surface area contributed by atoms with E-state index in [2.05, 4.69) is 5.32 Å². The minimum Gasteiger partial charge on any atom is -0.481 e. The average Bonchev–Trinajstić information content (AvgIpc) is 2.43. The molecule has 0 spiro atoms. The van der Waals surface area contributed by atoms with Gasteiger partial charge in [-0.15, -0.1) is 0 Å². The summed E-state index contributed by atoms with van der Waals surface area (Å²) in [5.41, 5.74) is 0.841. The Morgan fingerprint density at radius 1 is 1.29 bits per heavy atom. The summed E-state index contributed by atoms with van der Waals surface area (Å²) >= 11 is 0. The van der Waals surface area contributed by atoms with Gasteiger partial charge in [0.15, 0.2) is 9.84 Å². The minimum absolute atomic E-state index is 0.160. The lowest BCUT2D eigenvalue weighted by Crippen LogP contribution is -2.11. The molecule has 0 radical (unpaired) electrons. The molecule has 6 heteroatoms. The summed E-state index contributed by atoms with van der Waals surface area (Å²) < 4.78 is 23.7. The van der Waals surface area contributed by atoms with Gasteiger partial charge in [0.1, 0.15) is 0 Å². The Morgan fingerprint density at radius 2 is 1.90 bits per heavy atom. The monoisotopic (exact) mass is 313 g/mol. The van der Waals surface area contributed by atoms with E-state index in [0.717, 1.165) is 12.1 Å². The largest absolute Gasteiger partial charge is 0.481 e. The molecule has 1 atom stereocenters. The maximum Gasteiger partial charge on any atom is 0.306 e. The zero-order chi connectivity index (χ0) is 15.9. The van der Waals surface area contributed by atoms with Gasteiger partial charge in [-0.1, -0.05) is 13.8 Å². The highest BCUT2D eigenvalue weighted by atomic mass is 32.2. The van der Waals surface area contributed by atoms with E-state index >= 15 is 0 Å². The second kappa shape index (κ2) is 8.02. The van der Waals surface area contributed by atoms with Gasteiger partial charge in [0.05, 0.1) is 16.6 Å². The molecule has 1 aromatic rings. The number of aliphatic carboxylic acids is 1. The summed E-state index contributed by atoms with van der Waals surface area (Å²) in [6.45, 7) is 4.19. The Balaban J connectivity index is 2.47. The number of carbonyl (C=O) groups is 1. The van der Waals surface area contributed by atoms with Gasteiger partial charge in [-0.3, -0.25) is 4.79 Å². The van der Waals surface area contributed by atoms with Crippen molar-refractivity contribution in [2.75, 3.05) is 17.6 Å². The topological polar surface area (TPSA) is 83.5 Å². The Labute approximate surface area is 126 Å². The van der Waals surface area contributed by atoms with Gasteiger partial charge < -0.3 is 10.4 Å². The molecular formula is C15H23NO4S. The van der Waals surface area contributed by atoms with E-state index in [0.29, 0.717) is 24.3 Å². The fraction of sp³-hybridized carbons (Fsp3) is 0.533. The van der Waals surface area contributed by atoms with Gasteiger partial charge in [0, 0.05) is 12.2 Å². The van der Waals surface area contributed by atoms with Crippen LogP contribution in [0.3, 0.4) is 0 Å². The average molecular weight is 313 g/mol. The van der Waals surface area contributed by atoms with Gasteiger partial charge >= 0.3 is 5.97 Å². The van der Waals surface area contributed by atoms with Crippen LogP contribution in [0.5, 0.6) is 0 Å². The molecule has 0 aliphatic heterocycles. The molecule has 0 bridgehead atoms. The number of hydrogen-bond acceptors (Lipinski definition) is 4. The Kier molecular flexibility index (Phi) is 6.68. The molecule has 0 amide bonds. The van der Waals surface area contributed by atoms with Crippen LogP contribution in [0.15, 0.2) is 29.2 Å². The molecule has 0 fully saturated rings. The zero-order valence-corrected chi connectivity index (χ0v) is 13.3. The van der Waals surface area contributed by atoms with Crippen molar-refractivity contribution in [1.82, 2.24) is 0 Å². The molecule has 1 aromatic carbocycles. The second-order valence-corrected chi connectivity index (χ2v) is 7.26. The molecule has 1 unspecified atom stereocenters. The number of hydrogen-bond donors (Lipinski definition) is 2. The third-order valence-electron chi connectivity index (χ3n) is 3.25. The van der Waals surface area contributed by atoms with Crippen LogP contribution in [0.4, 0.5) is 5.69 Å². The molecule has 21 heavy (non-hydrogen) atoms. The van der Waals surface area contributed by atoms with E-state index in [1.807, 2.05) is 6.92 Å². The summed E-state index contributed by atoms with van der Waals surface area (Å²) in [5.74, 6) is -0.957. The van der Waals surface area contributed by atoms with Crippen LogP contribution in [-0.4, -0.2) is 31.8 Å². The van der Waals surface area contributed by atoms with Crippen LogP contribution in [0.1, 0.15) is 33.1 Å². The van der Waals surface area contributed by atoms with Crippen LogP contribution in [0.25, 0.3) is 0 Å². The summed E-state index contributed by atoms with van der Waals surface area (Å²) in [5, 5.41) is 11.9. The van der Waals surface area contributed by atoms with Crippen molar-refractivity contribution in [3.05, 3.63) is 24.3 Å². The van der Waals surface area contributed by atoms with E-state index in [1.54, 1.807) is 31.2 Å². The number of sulfone groups is 1. The second-order valence-electron chi connectivity index (χ2n) is 5.15. The molecule has 118 valence electrons. The molecule has 0 aliphatic rings. The molecule has 0 heterocycles. The fourth-order valence-corrected chi connectivity index (χ4v) is 3.26. The molecule has 1 rings (SSSR count). The van der Waals surface area contributed by atoms with Crippen molar-refractivity contribution in [3.63, 3.8) is 0 Å². The SMILES string of the molecule is CCCS(=O)(=O)c1ccc(NCCCC(C)C(=O)O)cc1. The fourth-order valence-electron chi connectivity index (χ4n) is 1.93. The molecule has 0 saturated carbocycles. The molecule has 0 aliphatic carbocycles. The van der Waals surface area contributed by atoms with Crippen LogP contribution in [0, 0.1) is 5.92 Å². The van der Waals surface area contributed by atoms with E-state index in [-0.39, 0.29) is 11.7 Å². The molecule has 5 nitrogen and oxygen atoms in total. The normalized spacial score (nSPS) is 12.9. The lowest BCUT2D eigenvalue weighted by molar-refractivity contribution is -0.141. The van der Waals surface area contributed by atoms with Gasteiger partial charge in [0.2, 0.25) is 0 Å². The van der Waals surface area contributed by atoms with Gasteiger partial charge in [0.25, 0.3) is 0 Å². The number of carboxylic acid groups (broad SMARTS) is 1. The van der Waals surface area contributed by atoms with Crippen LogP contribution in [0.2, 0.25) is 0 Å². The lowest BCUT2D eigenvalue weighted by Gasteiger charge is -2.09. The number of anilines is 1. The smallest absolute Gasteiger partial charge is 0.306 e. The van der Waals surface area contributed by atoms with Crippen molar-refractivity contribution < 1.29 is 18.3 Å². The first-order chi connectivity index (χ1) is 9.86. The maximum absolute atomic E-state index is 11.9. The number of benzene rings is 1. The molecule has 2 N–H and O–H groups in total. The molecular weight excluding hydrogens is 290 g/mol. The molecule has 0 saturated heterocycles. The summed E-state index contributed by atoms with van der Waals surface area (Å²) in [7, 11) is -3.17. The number of rotatable bonds is 9. The minimum atomic E-state index is -3.17. The van der Waals surface area contributed by atoms with Crippen molar-refractivity contribution in [2.45, 2.75) is 38.0 Å². The number of nitrogens with one attached hydrogen (secondary N) is 1. The van der Waals surface area contributed by atoms with E-state index in [9.17, 15) is 13.2 Å². The Hall–Kier alpha value is -1.56. The van der Waals surface area contributed by atoms with Gasteiger partial charge in [-0.05, 0) is 43.5 Å². The van der Waals surface area contributed by atoms with E-state index in [4.69, 9.17) is 5.11 Å². The van der Waals surface area contributed by atoms with Crippen molar-refractivity contribution >= 4 is 21.5 Å². The van der Waals surface area contributed by atoms with Crippen LogP contribution in [-0.2, 0) is 14.6 Å². The van der Waals surface area contributed by atoms with Gasteiger partial charge in [-0.25, -0.2) is 8.42 Å². The first kappa shape index (κ1) is 17.5. The van der Waals surface area contributed by atoms with Crippen molar-refractivity contribution in [3.8, 4) is 0 Å². The highest BCUT2D eigenvalue weighted by Crippen LogP contribution is 2.16. The highest BCUT2D eigenvalue weighted by molar-refractivity contribution is 7.91. The summed E-state index contributed by atoms with van der Waals surface area (Å²) in [6, 6.07) is 6.69. The third kappa shape index (κ3) is 5.75. The number of carboxylic acids is 1. The van der Waals surface area contributed by atoms with E-state index in [1.165, 1.54) is 0 Å². The van der Waals surface area contributed by atoms with Crippen molar-refractivity contribution in [1.29, 1.82) is 0 Å². The summed E-state index contributed by atoms with van der Waals surface area (Å²) in [6.07, 6.45) is 1.97. The van der Waals surface area contributed by atoms with Gasteiger partial charge in [-0.2, -0.15) is 0 Å². The first-order valence-electron chi connectivity index (χ1n) is 7.16.